The van der Waals surface area contributed by atoms with Gasteiger partial charge in [-0.2, -0.15) is 17.5 Å². The smallest absolute Gasteiger partial charge is 0.416 e. The van der Waals surface area contributed by atoms with Crippen molar-refractivity contribution in [2.45, 2.75) is 38.1 Å². The minimum Gasteiger partial charge on any atom is -0.490 e. The van der Waals surface area contributed by atoms with E-state index in [0.29, 0.717) is 28.9 Å². The highest BCUT2D eigenvalue weighted by Gasteiger charge is 2.43. The van der Waals surface area contributed by atoms with E-state index < -0.39 is 27.9 Å². The second-order valence-corrected chi connectivity index (χ2v) is 12.9. The first-order chi connectivity index (χ1) is 18.1. The van der Waals surface area contributed by atoms with Gasteiger partial charge in [0.05, 0.1) is 21.9 Å². The largest absolute Gasteiger partial charge is 0.490 e. The van der Waals surface area contributed by atoms with Crippen LogP contribution in [0.15, 0.2) is 42.5 Å². The molecule has 0 saturated carbocycles. The predicted octanol–water partition coefficient (Wildman–Crippen LogP) is 5.58. The third kappa shape index (κ3) is 6.75. The molecule has 4 rings (SSSR count). The van der Waals surface area contributed by atoms with Gasteiger partial charge in [0.1, 0.15) is 11.9 Å². The second-order valence-electron chi connectivity index (χ2n) is 10.1. The van der Waals surface area contributed by atoms with Crippen molar-refractivity contribution in [3.63, 3.8) is 0 Å². The summed E-state index contributed by atoms with van der Waals surface area (Å²) in [4.78, 5) is 16.9. The number of rotatable bonds is 5. The van der Waals surface area contributed by atoms with Crippen molar-refractivity contribution in [2.24, 2.45) is 5.92 Å². The summed E-state index contributed by atoms with van der Waals surface area (Å²) in [7, 11) is -3.38. The Hall–Kier alpha value is -2.21. The van der Waals surface area contributed by atoms with Crippen LogP contribution in [0.25, 0.3) is 0 Å². The number of carbonyl (C=O) groups is 1. The topological polar surface area (TPSA) is 70.2 Å². The number of amides is 2. The summed E-state index contributed by atoms with van der Waals surface area (Å²) in [6.07, 6.45) is -3.74. The van der Waals surface area contributed by atoms with Gasteiger partial charge in [-0.3, -0.25) is 0 Å². The molecule has 13 heteroatoms. The fraction of sp³-hybridized carbons (Fsp3) is 0.500. The lowest BCUT2D eigenvalue weighted by Crippen LogP contribution is -2.57. The number of carbonyl (C=O) groups excluding carboxylic acids is 1. The molecule has 2 saturated heterocycles. The highest BCUT2D eigenvalue weighted by molar-refractivity contribution is 7.88. The molecule has 0 aromatic heterocycles. The van der Waals surface area contributed by atoms with Crippen molar-refractivity contribution in [3.05, 3.63) is 63.6 Å². The quantitative estimate of drug-likeness (QED) is 0.445. The van der Waals surface area contributed by atoms with E-state index in [-0.39, 0.29) is 43.5 Å². The summed E-state index contributed by atoms with van der Waals surface area (Å²) < 4.78 is 70.4. The first-order valence-electron chi connectivity index (χ1n) is 12.4. The molecule has 2 aliphatic rings. The highest BCUT2D eigenvalue weighted by Crippen LogP contribution is 2.39. The Kier molecular flexibility index (Phi) is 8.66. The molecule has 2 aromatic carbocycles. The first-order valence-corrected chi connectivity index (χ1v) is 15.0. The van der Waals surface area contributed by atoms with Gasteiger partial charge in [-0.05, 0) is 55.8 Å². The van der Waals surface area contributed by atoms with Gasteiger partial charge in [0.15, 0.2) is 0 Å². The van der Waals surface area contributed by atoms with Gasteiger partial charge in [-0.15, -0.1) is 0 Å². The number of benzene rings is 2. The number of hydrogen-bond donors (Lipinski definition) is 0. The molecule has 0 radical (unpaired) electrons. The van der Waals surface area contributed by atoms with Crippen LogP contribution < -0.4 is 4.74 Å². The lowest BCUT2D eigenvalue weighted by atomic mass is 9.85. The van der Waals surface area contributed by atoms with E-state index in [2.05, 4.69) is 0 Å². The van der Waals surface area contributed by atoms with Crippen molar-refractivity contribution < 1.29 is 31.1 Å². The number of piperazine rings is 1. The zero-order chi connectivity index (χ0) is 28.7. The van der Waals surface area contributed by atoms with Crippen molar-refractivity contribution in [3.8, 4) is 5.75 Å². The van der Waals surface area contributed by atoms with Gasteiger partial charge in [0.25, 0.3) is 0 Å². The Labute approximate surface area is 236 Å². The zero-order valence-electron chi connectivity index (χ0n) is 21.7. The van der Waals surface area contributed by atoms with Gasteiger partial charge in [0, 0.05) is 50.6 Å². The SMILES string of the molecule is CC(Oc1ccc(C(F)(F)F)cc1)C1CN(C(=O)N2CCN(S(C)(=O)=O)[C@H](C)C2)CC1c1ccc(Cl)c(Cl)c1. The van der Waals surface area contributed by atoms with E-state index in [1.165, 1.54) is 16.4 Å². The Morgan fingerprint density at radius 3 is 2.23 bits per heavy atom. The maximum absolute atomic E-state index is 13.5. The molecule has 2 aliphatic heterocycles. The van der Waals surface area contributed by atoms with Gasteiger partial charge >= 0.3 is 12.2 Å². The predicted molar refractivity (Wildman–Crippen MR) is 144 cm³/mol. The number of hydrogen-bond acceptors (Lipinski definition) is 4. The van der Waals surface area contributed by atoms with Crippen LogP contribution in [0.5, 0.6) is 5.75 Å². The highest BCUT2D eigenvalue weighted by atomic mass is 35.5. The van der Waals surface area contributed by atoms with Crippen molar-refractivity contribution >= 4 is 39.3 Å². The Morgan fingerprint density at radius 2 is 1.67 bits per heavy atom. The number of urea groups is 1. The van der Waals surface area contributed by atoms with Crippen molar-refractivity contribution in [1.29, 1.82) is 0 Å². The maximum atomic E-state index is 13.5. The molecule has 0 spiro atoms. The zero-order valence-corrected chi connectivity index (χ0v) is 24.0. The lowest BCUT2D eigenvalue weighted by Gasteiger charge is -2.39. The van der Waals surface area contributed by atoms with Crippen LogP contribution in [0.1, 0.15) is 30.9 Å². The fourth-order valence-corrected chi connectivity index (χ4v) is 6.83. The first kappa shape index (κ1) is 29.8. The van der Waals surface area contributed by atoms with E-state index in [4.69, 9.17) is 27.9 Å². The molecule has 7 nitrogen and oxygen atoms in total. The normalized spacial score (nSPS) is 23.6. The standard InChI is InChI=1S/C26H30Cl2F3N3O4S/c1-16-13-32(10-11-34(16)39(3,36)37)25(35)33-14-21(22(15-33)18-4-9-23(27)24(28)12-18)17(2)38-20-7-5-19(6-8-20)26(29,30)31/h4-9,12,16-17,21-22H,10-11,13-15H2,1-3H3/t16-,17?,21?,22?/m1/s1. The van der Waals surface area contributed by atoms with E-state index >= 15 is 0 Å². The summed E-state index contributed by atoms with van der Waals surface area (Å²) in [6.45, 7) is 5.05. The lowest BCUT2D eigenvalue weighted by molar-refractivity contribution is -0.137. The number of ether oxygens (including phenoxy) is 1. The molecule has 0 aliphatic carbocycles. The fourth-order valence-electron chi connectivity index (χ4n) is 5.39. The molecular formula is C26H30Cl2F3N3O4S. The number of halogens is 5. The Bertz CT molecular complexity index is 1310. The number of likely N-dealkylation sites (tertiary alicyclic amines) is 1. The van der Waals surface area contributed by atoms with Gasteiger partial charge in [-0.25, -0.2) is 13.2 Å². The van der Waals surface area contributed by atoms with Crippen LogP contribution in [0.4, 0.5) is 18.0 Å². The third-order valence-electron chi connectivity index (χ3n) is 7.38. The summed E-state index contributed by atoms with van der Waals surface area (Å²) in [5, 5.41) is 0.773. The third-order valence-corrected chi connectivity index (χ3v) is 9.51. The van der Waals surface area contributed by atoms with E-state index in [1.54, 1.807) is 28.9 Å². The van der Waals surface area contributed by atoms with E-state index in [0.717, 1.165) is 24.0 Å². The molecule has 39 heavy (non-hydrogen) atoms. The molecule has 0 bridgehead atoms. The van der Waals surface area contributed by atoms with Gasteiger partial charge in [0.2, 0.25) is 10.0 Å². The van der Waals surface area contributed by atoms with Crippen molar-refractivity contribution in [2.75, 3.05) is 39.0 Å². The molecule has 214 valence electrons. The summed E-state index contributed by atoms with van der Waals surface area (Å²) in [5.41, 5.74) is 0.0989. The molecule has 0 N–H and O–H groups in total. The average Bonchev–Trinajstić information content (AvgIpc) is 3.30. The van der Waals surface area contributed by atoms with Crippen LogP contribution in [0.3, 0.4) is 0 Å². The number of nitrogens with zero attached hydrogens (tertiary/aromatic N) is 3. The molecule has 3 unspecified atom stereocenters. The molecular weight excluding hydrogens is 578 g/mol. The van der Waals surface area contributed by atoms with Crippen LogP contribution in [0.2, 0.25) is 10.0 Å². The summed E-state index contributed by atoms with van der Waals surface area (Å²) in [5.74, 6) is -0.0926. The Balaban J connectivity index is 1.54. The van der Waals surface area contributed by atoms with E-state index in [1.807, 2.05) is 13.0 Å². The number of alkyl halides is 3. The molecule has 2 fully saturated rings. The van der Waals surface area contributed by atoms with Crippen LogP contribution in [0, 0.1) is 5.92 Å². The maximum Gasteiger partial charge on any atom is 0.416 e. The summed E-state index contributed by atoms with van der Waals surface area (Å²) >= 11 is 12.4. The molecule has 2 heterocycles. The molecule has 2 aromatic rings. The molecule has 2 amide bonds. The van der Waals surface area contributed by atoms with Crippen LogP contribution in [-0.2, 0) is 16.2 Å². The minimum atomic E-state index is -4.44. The second kappa shape index (κ2) is 11.3. The average molecular weight is 609 g/mol. The number of sulfonamides is 1. The monoisotopic (exact) mass is 607 g/mol. The summed E-state index contributed by atoms with van der Waals surface area (Å²) in [6, 6.07) is 9.25. The van der Waals surface area contributed by atoms with E-state index in [9.17, 15) is 26.4 Å². The van der Waals surface area contributed by atoms with Crippen LogP contribution >= 0.6 is 23.2 Å². The van der Waals surface area contributed by atoms with Gasteiger partial charge in [-0.1, -0.05) is 29.3 Å². The Morgan fingerprint density at radius 1 is 1.00 bits per heavy atom. The molecule has 4 atom stereocenters. The van der Waals surface area contributed by atoms with Gasteiger partial charge < -0.3 is 14.5 Å². The minimum absolute atomic E-state index is 0.178. The van der Waals surface area contributed by atoms with Crippen LogP contribution in [-0.4, -0.2) is 79.7 Å². The van der Waals surface area contributed by atoms with Crippen molar-refractivity contribution in [1.82, 2.24) is 14.1 Å².